The average molecular weight is 775 g/mol. The molecule has 24 heteroatoms. The number of nitrogens with two attached hydrogens (primary N) is 2. The minimum Gasteiger partial charge on any atom is -0.744 e. The molecule has 0 radical (unpaired) electrons. The van der Waals surface area contributed by atoms with Crippen LogP contribution >= 0.6 is 0 Å². The molecule has 0 atom stereocenters. The van der Waals surface area contributed by atoms with Gasteiger partial charge in [0.15, 0.2) is 0 Å². The molecular weight excluding hydrogens is 742 g/mol. The normalized spacial score (nSPS) is 15.6. The van der Waals surface area contributed by atoms with E-state index in [1.807, 2.05) is 9.80 Å². The van der Waals surface area contributed by atoms with Crippen LogP contribution in [0.1, 0.15) is 5.56 Å². The van der Waals surface area contributed by atoms with Gasteiger partial charge in [-0.05, 0) is 29.3 Å². The number of ether oxygens (including phenoxy) is 2. The van der Waals surface area contributed by atoms with Gasteiger partial charge in [-0.2, -0.15) is 29.9 Å². The van der Waals surface area contributed by atoms with Crippen LogP contribution in [0.4, 0.5) is 41.4 Å². The number of nitrogens with zero attached hydrogens (tertiary/aromatic N) is 8. The van der Waals surface area contributed by atoms with E-state index in [0.717, 1.165) is 18.2 Å². The SMILES string of the molecule is C=C(C(=C\C=C\Nc1nc(N)nc(N2CCOCC2)n1)/C=C/c1ccc(Nc2nc(N)nc(N3CCOCC3)n2)cc1S(=O)(=O)[O-])S(=O)(=O)[O-].[Na+].[Na+]. The molecular formula is C28H32N12Na2O8S2. The van der Waals surface area contributed by atoms with Gasteiger partial charge in [0.05, 0.1) is 36.2 Å². The van der Waals surface area contributed by atoms with E-state index in [0.29, 0.717) is 58.6 Å². The number of hydrogen-bond acceptors (Lipinski definition) is 20. The van der Waals surface area contributed by atoms with Gasteiger partial charge in [0.25, 0.3) is 0 Å². The molecule has 6 N–H and O–H groups in total. The summed E-state index contributed by atoms with van der Waals surface area (Å²) < 4.78 is 83.0. The Hall–Kier alpha value is -3.26. The van der Waals surface area contributed by atoms with Crippen molar-refractivity contribution < 1.29 is 94.5 Å². The summed E-state index contributed by atoms with van der Waals surface area (Å²) in [6.45, 7) is 7.46. The zero-order valence-corrected chi connectivity index (χ0v) is 33.9. The van der Waals surface area contributed by atoms with Gasteiger partial charge in [0.2, 0.25) is 35.7 Å². The minimum absolute atomic E-state index is 0. The van der Waals surface area contributed by atoms with Crippen molar-refractivity contribution in [3.05, 3.63) is 65.2 Å². The third kappa shape index (κ3) is 12.1. The van der Waals surface area contributed by atoms with E-state index in [2.05, 4.69) is 47.1 Å². The Morgan fingerprint density at radius 3 is 1.90 bits per heavy atom. The molecule has 0 unspecified atom stereocenters. The molecule has 2 fully saturated rings. The molecule has 2 aliphatic heterocycles. The molecule has 2 aliphatic rings. The quantitative estimate of drug-likeness (QED) is 0.0757. The van der Waals surface area contributed by atoms with Crippen LogP contribution in [0, 0.1) is 0 Å². The van der Waals surface area contributed by atoms with Gasteiger partial charge in [0, 0.05) is 38.1 Å². The predicted molar refractivity (Wildman–Crippen MR) is 181 cm³/mol. The maximum Gasteiger partial charge on any atom is 1.00 e. The summed E-state index contributed by atoms with van der Waals surface area (Å²) in [7, 11) is -10.1. The zero-order chi connectivity index (χ0) is 35.9. The van der Waals surface area contributed by atoms with E-state index < -0.39 is 30.0 Å². The van der Waals surface area contributed by atoms with Crippen molar-refractivity contribution in [3.63, 3.8) is 0 Å². The summed E-state index contributed by atoms with van der Waals surface area (Å²) in [6, 6.07) is 3.77. The van der Waals surface area contributed by atoms with Crippen molar-refractivity contribution in [3.8, 4) is 0 Å². The second-order valence-corrected chi connectivity index (χ2v) is 13.3. The molecule has 5 rings (SSSR count). The van der Waals surface area contributed by atoms with E-state index in [9.17, 15) is 25.9 Å². The minimum atomic E-state index is -5.07. The average Bonchev–Trinajstić information content (AvgIpc) is 3.07. The maximum absolute atomic E-state index is 12.3. The Morgan fingerprint density at radius 2 is 1.37 bits per heavy atom. The van der Waals surface area contributed by atoms with Crippen LogP contribution in [0.15, 0.2) is 64.6 Å². The molecule has 266 valence electrons. The van der Waals surface area contributed by atoms with Crippen LogP contribution in [0.5, 0.6) is 0 Å². The Balaban J connectivity index is 0.00000364. The maximum atomic E-state index is 12.3. The smallest absolute Gasteiger partial charge is 0.744 e. The summed E-state index contributed by atoms with van der Waals surface area (Å²) in [5.74, 6) is 0.577. The third-order valence-electron chi connectivity index (χ3n) is 7.06. The van der Waals surface area contributed by atoms with E-state index >= 15 is 0 Å². The monoisotopic (exact) mass is 774 g/mol. The van der Waals surface area contributed by atoms with Crippen LogP contribution in [0.2, 0.25) is 0 Å². The van der Waals surface area contributed by atoms with E-state index in [1.54, 1.807) is 0 Å². The third-order valence-corrected chi connectivity index (χ3v) is 8.79. The number of benzene rings is 1. The van der Waals surface area contributed by atoms with Gasteiger partial charge in [-0.25, -0.2) is 16.8 Å². The zero-order valence-electron chi connectivity index (χ0n) is 28.3. The van der Waals surface area contributed by atoms with Crippen molar-refractivity contribution in [1.82, 2.24) is 29.9 Å². The number of morpholine rings is 2. The molecule has 1 aromatic carbocycles. The first kappa shape index (κ1) is 43.1. The Kier molecular flexibility index (Phi) is 15.9. The van der Waals surface area contributed by atoms with Crippen molar-refractivity contribution in [1.29, 1.82) is 0 Å². The molecule has 3 aromatic rings. The van der Waals surface area contributed by atoms with Crippen LogP contribution in [0.3, 0.4) is 0 Å². The summed E-state index contributed by atoms with van der Waals surface area (Å²) >= 11 is 0. The van der Waals surface area contributed by atoms with Crippen LogP contribution in [0.25, 0.3) is 6.08 Å². The fourth-order valence-electron chi connectivity index (χ4n) is 4.63. The fourth-order valence-corrected chi connectivity index (χ4v) is 5.75. The van der Waals surface area contributed by atoms with Crippen molar-refractivity contribution in [2.24, 2.45) is 0 Å². The number of aromatic nitrogens is 6. The first-order chi connectivity index (χ1) is 23.8. The number of allylic oxidation sites excluding steroid dienone is 4. The van der Waals surface area contributed by atoms with Crippen molar-refractivity contribution in [2.75, 3.05) is 84.5 Å². The summed E-state index contributed by atoms with van der Waals surface area (Å²) in [4.78, 5) is 27.2. The molecule has 0 bridgehead atoms. The predicted octanol–water partition coefficient (Wildman–Crippen LogP) is -5.83. The molecule has 20 nitrogen and oxygen atoms in total. The Labute approximate surface area is 344 Å². The second-order valence-electron chi connectivity index (χ2n) is 10.5. The molecule has 2 aromatic heterocycles. The summed E-state index contributed by atoms with van der Waals surface area (Å²) in [5.41, 5.74) is 11.5. The standard InChI is InChI=1S/C28H34N12O8S2.2Na/c1-18(49(41,42)43)19(3-2-8-31-25-33-23(29)35-27(37-25)39-9-13-47-14-10-39)4-5-20-6-7-21(17-22(20)50(44,45)46)32-26-34-24(30)36-28(38-26)40-11-15-48-16-12-40;;/h2-8,17H,1,9-16H2,(H,41,42,43)(H,44,45,46)(H3,29,31,33,35,37)(H3,30,32,34,36,38);;/q;2*+1/p-2/b5-4+,8-2+,19-3-;;. The van der Waals surface area contributed by atoms with E-state index in [4.69, 9.17) is 20.9 Å². The topological polar surface area (TPSA) is 293 Å². The van der Waals surface area contributed by atoms with Crippen molar-refractivity contribution >= 4 is 67.7 Å². The van der Waals surface area contributed by atoms with E-state index in [1.165, 1.54) is 30.5 Å². The summed E-state index contributed by atoms with van der Waals surface area (Å²) in [5, 5.41) is 5.61. The van der Waals surface area contributed by atoms with Gasteiger partial charge in [-0.3, -0.25) is 0 Å². The largest absolute Gasteiger partial charge is 1.00 e. The number of nitrogens with one attached hydrogen (secondary N) is 2. The molecule has 4 heterocycles. The van der Waals surface area contributed by atoms with Crippen LogP contribution in [-0.2, 0) is 29.7 Å². The number of rotatable bonds is 12. The van der Waals surface area contributed by atoms with Gasteiger partial charge in [0.1, 0.15) is 20.2 Å². The first-order valence-corrected chi connectivity index (χ1v) is 17.6. The molecule has 52 heavy (non-hydrogen) atoms. The molecule has 2 saturated heterocycles. The van der Waals surface area contributed by atoms with Crippen molar-refractivity contribution in [2.45, 2.75) is 4.90 Å². The Bertz CT molecular complexity index is 2060. The van der Waals surface area contributed by atoms with Gasteiger partial charge in [-0.15, -0.1) is 0 Å². The molecule has 0 aliphatic carbocycles. The van der Waals surface area contributed by atoms with Gasteiger partial charge in [-0.1, -0.05) is 30.9 Å². The van der Waals surface area contributed by atoms with Gasteiger partial charge < -0.3 is 50.5 Å². The van der Waals surface area contributed by atoms with E-state index in [-0.39, 0.29) is 106 Å². The number of anilines is 7. The summed E-state index contributed by atoms with van der Waals surface area (Å²) in [6.07, 6.45) is 6.15. The second kappa shape index (κ2) is 19.2. The van der Waals surface area contributed by atoms with Crippen LogP contribution < -0.4 is 91.0 Å². The molecule has 0 spiro atoms. The molecule has 0 saturated carbocycles. The fraction of sp³-hybridized carbons (Fsp3) is 0.286. The van der Waals surface area contributed by atoms with Gasteiger partial charge >= 0.3 is 59.1 Å². The first-order valence-electron chi connectivity index (χ1n) is 14.8. The van der Waals surface area contributed by atoms with Crippen LogP contribution in [-0.4, -0.2) is 108 Å². The Morgan fingerprint density at radius 1 is 0.827 bits per heavy atom. The number of nitrogen functional groups attached to an aromatic ring is 2. The number of hydrogen-bond donors (Lipinski definition) is 4. The molecule has 0 amide bonds.